The molecule has 0 aliphatic heterocycles. The smallest absolute Gasteiger partial charge is 0.267 e. The van der Waals surface area contributed by atoms with Crippen LogP contribution in [-0.4, -0.2) is 45.1 Å². The van der Waals surface area contributed by atoms with E-state index in [1.54, 1.807) is 11.6 Å². The number of carbonyl (C=O) groups is 1. The van der Waals surface area contributed by atoms with E-state index in [1.807, 2.05) is 18.2 Å². The molecule has 1 atom stereocenters. The van der Waals surface area contributed by atoms with Gasteiger partial charge < -0.3 is 9.88 Å². The number of H-pyrrole nitrogens is 1. The number of nitrogens with zero attached hydrogens (tertiary/aromatic N) is 2. The summed E-state index contributed by atoms with van der Waals surface area (Å²) in [6.07, 6.45) is 7.47. The van der Waals surface area contributed by atoms with E-state index in [1.165, 1.54) is 25.3 Å². The molecule has 0 radical (unpaired) electrons. The highest BCUT2D eigenvalue weighted by molar-refractivity contribution is 5.91. The number of aromatic nitrogens is 2. The van der Waals surface area contributed by atoms with Gasteiger partial charge in [-0.25, -0.2) is 10.5 Å². The number of hydrogen-bond donors (Lipinski definition) is 3. The lowest BCUT2D eigenvalue weighted by atomic mass is 10.0. The van der Waals surface area contributed by atoms with Crippen molar-refractivity contribution in [3.63, 3.8) is 0 Å². The molecule has 1 amide bonds. The lowest BCUT2D eigenvalue weighted by Crippen LogP contribution is -2.36. The highest BCUT2D eigenvalue weighted by Gasteiger charge is 2.17. The number of unbranched alkanes of at least 4 members (excludes halogenated alkanes) is 1. The van der Waals surface area contributed by atoms with Gasteiger partial charge in [-0.05, 0) is 43.3 Å². The minimum atomic E-state index is -0.548. The van der Waals surface area contributed by atoms with Crippen molar-refractivity contribution in [1.29, 1.82) is 0 Å². The Kier molecular flexibility index (Phi) is 7.81. The van der Waals surface area contributed by atoms with Crippen LogP contribution in [-0.2, 0) is 11.2 Å². The molecule has 6 nitrogen and oxygen atoms in total. The van der Waals surface area contributed by atoms with Gasteiger partial charge in [0.1, 0.15) is 5.82 Å². The number of hydroxylamine groups is 1. The van der Waals surface area contributed by atoms with E-state index in [4.69, 9.17) is 10.2 Å². The number of amides is 1. The predicted octanol–water partition coefficient (Wildman–Crippen LogP) is 3.52. The molecule has 0 aliphatic carbocycles. The summed E-state index contributed by atoms with van der Waals surface area (Å²) in [6.45, 7) is 8.75. The Morgan fingerprint density at radius 1 is 1.35 bits per heavy atom. The summed E-state index contributed by atoms with van der Waals surface area (Å²) >= 11 is 0. The number of imidazole rings is 1. The number of rotatable bonds is 10. The molecule has 0 aliphatic rings. The highest BCUT2D eigenvalue weighted by Crippen LogP contribution is 2.18. The van der Waals surface area contributed by atoms with E-state index in [0.717, 1.165) is 41.9 Å². The average Bonchev–Trinajstić information content (AvgIpc) is 3.06. The maximum Gasteiger partial charge on any atom is 0.267 e. The van der Waals surface area contributed by atoms with E-state index >= 15 is 0 Å². The molecule has 0 fully saturated rings. The molecule has 1 heterocycles. The van der Waals surface area contributed by atoms with Gasteiger partial charge in [0.05, 0.1) is 11.0 Å². The number of carbonyl (C=O) groups excluding carboxylic acids is 1. The zero-order chi connectivity index (χ0) is 18.9. The minimum absolute atomic E-state index is 0.498. The fourth-order valence-corrected chi connectivity index (χ4v) is 3.31. The molecule has 0 bridgehead atoms. The van der Waals surface area contributed by atoms with Crippen LogP contribution >= 0.6 is 0 Å². The molecule has 1 aromatic heterocycles. The van der Waals surface area contributed by atoms with E-state index in [2.05, 4.69) is 30.7 Å². The zero-order valence-electron chi connectivity index (χ0n) is 16.0. The largest absolute Gasteiger partial charge is 0.342 e. The summed E-state index contributed by atoms with van der Waals surface area (Å²) in [5, 5.41) is 8.55. The van der Waals surface area contributed by atoms with Crippen molar-refractivity contribution in [3.8, 4) is 0 Å². The topological polar surface area (TPSA) is 81.2 Å². The molecule has 1 aromatic carbocycles. The van der Waals surface area contributed by atoms with E-state index in [0.29, 0.717) is 6.04 Å². The molecule has 26 heavy (non-hydrogen) atoms. The van der Waals surface area contributed by atoms with E-state index in [9.17, 15) is 4.79 Å². The third kappa shape index (κ3) is 5.41. The molecule has 6 heteroatoms. The minimum Gasteiger partial charge on any atom is -0.342 e. The Morgan fingerprint density at radius 3 is 2.77 bits per heavy atom. The van der Waals surface area contributed by atoms with Gasteiger partial charge in [-0.2, -0.15) is 0 Å². The summed E-state index contributed by atoms with van der Waals surface area (Å²) in [6, 6.07) is 6.32. The number of fused-ring (bicyclic) bond motifs is 1. The van der Waals surface area contributed by atoms with Crippen LogP contribution in [0.2, 0.25) is 0 Å². The normalized spacial score (nSPS) is 13.0. The number of hydrogen-bond acceptors (Lipinski definition) is 4. The molecule has 0 saturated carbocycles. The number of benzene rings is 1. The van der Waals surface area contributed by atoms with Gasteiger partial charge in [-0.15, -0.1) is 0 Å². The third-order valence-electron chi connectivity index (χ3n) is 4.74. The molecule has 142 valence electrons. The van der Waals surface area contributed by atoms with Crippen LogP contribution < -0.4 is 5.48 Å². The van der Waals surface area contributed by atoms with Crippen LogP contribution in [0.1, 0.15) is 51.4 Å². The fraction of sp³-hybridized carbons (Fsp3) is 0.500. The van der Waals surface area contributed by atoms with Crippen LogP contribution in [0.3, 0.4) is 0 Å². The van der Waals surface area contributed by atoms with Crippen molar-refractivity contribution in [3.05, 3.63) is 35.7 Å². The average molecular weight is 358 g/mol. The van der Waals surface area contributed by atoms with Crippen molar-refractivity contribution in [1.82, 2.24) is 20.3 Å². The van der Waals surface area contributed by atoms with Gasteiger partial charge in [0.25, 0.3) is 5.91 Å². The second-order valence-corrected chi connectivity index (χ2v) is 6.49. The van der Waals surface area contributed by atoms with Crippen molar-refractivity contribution in [2.75, 3.05) is 13.1 Å². The Hall–Kier alpha value is -2.18. The van der Waals surface area contributed by atoms with Crippen LogP contribution in [0.4, 0.5) is 0 Å². The molecule has 3 N–H and O–H groups in total. The first-order valence-corrected chi connectivity index (χ1v) is 9.46. The van der Waals surface area contributed by atoms with E-state index < -0.39 is 5.91 Å². The standard InChI is InChI=1S/C20H30N4O2/c1-4-7-8-16(24(5-2)6-3)14-19-21-17-11-9-15(13-18(17)22-19)10-12-20(25)23-26/h9-13,16,26H,4-8,14H2,1-3H3,(H,21,22)(H,23,25). The van der Waals surface area contributed by atoms with E-state index in [-0.39, 0.29) is 0 Å². The second-order valence-electron chi connectivity index (χ2n) is 6.49. The maximum absolute atomic E-state index is 11.1. The van der Waals surface area contributed by atoms with Crippen molar-refractivity contribution in [2.24, 2.45) is 0 Å². The van der Waals surface area contributed by atoms with Gasteiger partial charge in [0.2, 0.25) is 0 Å². The summed E-state index contributed by atoms with van der Waals surface area (Å²) in [4.78, 5) is 21.8. The summed E-state index contributed by atoms with van der Waals surface area (Å²) < 4.78 is 0. The molecular formula is C20H30N4O2. The molecule has 1 unspecified atom stereocenters. The molecule has 0 saturated heterocycles. The van der Waals surface area contributed by atoms with Gasteiger partial charge in [-0.3, -0.25) is 10.0 Å². The zero-order valence-corrected chi connectivity index (χ0v) is 16.0. The predicted molar refractivity (Wildman–Crippen MR) is 105 cm³/mol. The Balaban J connectivity index is 2.18. The second kappa shape index (κ2) is 10.1. The Bertz CT molecular complexity index is 734. The van der Waals surface area contributed by atoms with Crippen LogP contribution in [0, 0.1) is 0 Å². The van der Waals surface area contributed by atoms with Gasteiger partial charge in [0.15, 0.2) is 0 Å². The summed E-state index contributed by atoms with van der Waals surface area (Å²) in [5.41, 5.74) is 4.35. The lowest BCUT2D eigenvalue weighted by molar-refractivity contribution is -0.124. The molecular weight excluding hydrogens is 328 g/mol. The van der Waals surface area contributed by atoms with Gasteiger partial charge in [0, 0.05) is 18.5 Å². The highest BCUT2D eigenvalue weighted by atomic mass is 16.5. The van der Waals surface area contributed by atoms with Gasteiger partial charge in [-0.1, -0.05) is 39.7 Å². The Labute approximate surface area is 155 Å². The first-order valence-electron chi connectivity index (χ1n) is 9.46. The molecule has 0 spiro atoms. The first kappa shape index (κ1) is 20.1. The molecule has 2 aromatic rings. The SMILES string of the molecule is CCCCC(Cc1nc2ccc(C=CC(=O)NO)cc2[nH]1)N(CC)CC. The third-order valence-corrected chi connectivity index (χ3v) is 4.74. The van der Waals surface area contributed by atoms with Crippen molar-refractivity contribution >= 4 is 23.0 Å². The first-order chi connectivity index (χ1) is 12.6. The number of nitrogens with one attached hydrogen (secondary N) is 2. The summed E-state index contributed by atoms with van der Waals surface area (Å²) in [7, 11) is 0. The summed E-state index contributed by atoms with van der Waals surface area (Å²) in [5.74, 6) is 0.454. The Morgan fingerprint density at radius 2 is 2.12 bits per heavy atom. The van der Waals surface area contributed by atoms with Crippen LogP contribution in [0.25, 0.3) is 17.1 Å². The molecule has 2 rings (SSSR count). The van der Waals surface area contributed by atoms with Crippen LogP contribution in [0.5, 0.6) is 0 Å². The lowest BCUT2D eigenvalue weighted by Gasteiger charge is -2.29. The fourth-order valence-electron chi connectivity index (χ4n) is 3.31. The van der Waals surface area contributed by atoms with Crippen molar-refractivity contribution in [2.45, 2.75) is 52.5 Å². The van der Waals surface area contributed by atoms with Crippen LogP contribution in [0.15, 0.2) is 24.3 Å². The van der Waals surface area contributed by atoms with Gasteiger partial charge >= 0.3 is 0 Å². The quantitative estimate of drug-likeness (QED) is 0.345. The number of likely N-dealkylation sites (N-methyl/N-ethyl adjacent to an activating group) is 1. The maximum atomic E-state index is 11.1. The monoisotopic (exact) mass is 358 g/mol. The number of aromatic amines is 1. The van der Waals surface area contributed by atoms with Crippen molar-refractivity contribution < 1.29 is 10.0 Å².